The van der Waals surface area contributed by atoms with Gasteiger partial charge in [-0.1, -0.05) is 48.0 Å². The van der Waals surface area contributed by atoms with Gasteiger partial charge in [-0.2, -0.15) is 0 Å². The van der Waals surface area contributed by atoms with Gasteiger partial charge in [0.25, 0.3) is 5.91 Å². The van der Waals surface area contributed by atoms with E-state index in [1.54, 1.807) is 17.0 Å². The lowest BCUT2D eigenvalue weighted by atomic mass is 9.97. The highest BCUT2D eigenvalue weighted by Gasteiger charge is 2.38. The fourth-order valence-corrected chi connectivity index (χ4v) is 4.16. The first-order valence-corrected chi connectivity index (χ1v) is 10.2. The summed E-state index contributed by atoms with van der Waals surface area (Å²) in [7, 11) is 0. The number of nitrogens with zero attached hydrogens (tertiary/aromatic N) is 1. The molecule has 2 aromatic rings. The zero-order valence-electron chi connectivity index (χ0n) is 16.1. The van der Waals surface area contributed by atoms with Gasteiger partial charge in [-0.15, -0.1) is 0 Å². The molecule has 1 N–H and O–H groups in total. The summed E-state index contributed by atoms with van der Waals surface area (Å²) in [6, 6.07) is 16.5. The van der Waals surface area contributed by atoms with Crippen LogP contribution < -0.4 is 10.2 Å². The lowest BCUT2D eigenvalue weighted by molar-refractivity contribution is -0.122. The van der Waals surface area contributed by atoms with Crippen LogP contribution in [-0.2, 0) is 11.2 Å². The summed E-state index contributed by atoms with van der Waals surface area (Å²) in [4.78, 5) is 27.8. The minimum Gasteiger partial charge on any atom is -0.354 e. The third-order valence-corrected chi connectivity index (χ3v) is 5.65. The molecule has 0 fully saturated rings. The van der Waals surface area contributed by atoms with Crippen molar-refractivity contribution < 1.29 is 9.59 Å². The lowest BCUT2D eigenvalue weighted by Gasteiger charge is -2.25. The molecule has 0 saturated carbocycles. The van der Waals surface area contributed by atoms with Gasteiger partial charge in [-0.25, -0.2) is 0 Å². The monoisotopic (exact) mass is 374 g/mol. The summed E-state index contributed by atoms with van der Waals surface area (Å²) in [5, 5.41) is 3.07. The van der Waals surface area contributed by atoms with Crippen LogP contribution in [0.15, 0.2) is 66.2 Å². The summed E-state index contributed by atoms with van der Waals surface area (Å²) >= 11 is 0. The Morgan fingerprint density at radius 2 is 1.79 bits per heavy atom. The van der Waals surface area contributed by atoms with Gasteiger partial charge in [-0.05, 0) is 55.9 Å². The molecule has 1 aliphatic heterocycles. The number of benzene rings is 2. The molecule has 1 aliphatic carbocycles. The van der Waals surface area contributed by atoms with Gasteiger partial charge in [0.05, 0.1) is 0 Å². The topological polar surface area (TPSA) is 49.4 Å². The van der Waals surface area contributed by atoms with E-state index in [0.717, 1.165) is 30.5 Å². The maximum Gasteiger partial charge on any atom is 0.259 e. The molecule has 0 spiro atoms. The van der Waals surface area contributed by atoms with E-state index in [1.165, 1.54) is 18.4 Å². The molecule has 1 atom stereocenters. The number of hydrogen-bond acceptors (Lipinski definition) is 2. The summed E-state index contributed by atoms with van der Waals surface area (Å²) in [5.74, 6) is -0.197. The number of carbonyl (C=O) groups is 2. The first-order valence-electron chi connectivity index (χ1n) is 10.2. The zero-order valence-corrected chi connectivity index (χ0v) is 16.1. The van der Waals surface area contributed by atoms with Crippen LogP contribution in [0.5, 0.6) is 0 Å². The van der Waals surface area contributed by atoms with Crippen molar-refractivity contribution in [3.63, 3.8) is 0 Å². The number of nitrogens with one attached hydrogen (secondary N) is 1. The number of amides is 2. The number of carbonyl (C=O) groups excluding carboxylic acids is 2. The number of rotatable bonds is 5. The van der Waals surface area contributed by atoms with Crippen molar-refractivity contribution in [3.8, 4) is 0 Å². The summed E-state index contributed by atoms with van der Waals surface area (Å²) in [6.07, 6.45) is 8.58. The molecule has 2 aliphatic rings. The fraction of sp³-hybridized carbons (Fsp3) is 0.333. The number of anilines is 1. The van der Waals surface area contributed by atoms with Crippen LogP contribution >= 0.6 is 0 Å². The van der Waals surface area contributed by atoms with E-state index in [0.29, 0.717) is 18.5 Å². The predicted molar refractivity (Wildman–Crippen MR) is 111 cm³/mol. The highest BCUT2D eigenvalue weighted by Crippen LogP contribution is 2.33. The molecule has 4 rings (SSSR count). The molecule has 1 heterocycles. The Balaban J connectivity index is 1.49. The molecule has 2 amide bonds. The van der Waals surface area contributed by atoms with E-state index in [9.17, 15) is 9.59 Å². The molecule has 28 heavy (non-hydrogen) atoms. The van der Waals surface area contributed by atoms with Crippen LogP contribution in [0.2, 0.25) is 0 Å². The minimum absolute atomic E-state index is 0.0723. The Bertz CT molecular complexity index is 888. The van der Waals surface area contributed by atoms with Crippen molar-refractivity contribution in [1.29, 1.82) is 0 Å². The number of fused-ring (bicyclic) bond motifs is 1. The first-order chi connectivity index (χ1) is 13.7. The molecule has 4 heteroatoms. The Hall–Kier alpha value is -2.88. The van der Waals surface area contributed by atoms with Crippen LogP contribution in [0, 0.1) is 0 Å². The van der Waals surface area contributed by atoms with E-state index in [1.807, 2.05) is 42.5 Å². The molecule has 0 saturated heterocycles. The van der Waals surface area contributed by atoms with Crippen molar-refractivity contribution in [2.45, 2.75) is 44.6 Å². The zero-order chi connectivity index (χ0) is 19.3. The Kier molecular flexibility index (Phi) is 5.56. The Morgan fingerprint density at radius 3 is 2.57 bits per heavy atom. The van der Waals surface area contributed by atoms with Crippen LogP contribution in [0.4, 0.5) is 5.69 Å². The van der Waals surface area contributed by atoms with Crippen LogP contribution in [0.1, 0.15) is 48.0 Å². The highest BCUT2D eigenvalue weighted by molar-refractivity contribution is 6.11. The van der Waals surface area contributed by atoms with E-state index < -0.39 is 6.04 Å². The highest BCUT2D eigenvalue weighted by atomic mass is 16.2. The second-order valence-electron chi connectivity index (χ2n) is 7.54. The van der Waals surface area contributed by atoms with E-state index in [2.05, 4.69) is 11.4 Å². The van der Waals surface area contributed by atoms with Crippen molar-refractivity contribution in [2.24, 2.45) is 0 Å². The quantitative estimate of drug-likeness (QED) is 0.795. The maximum atomic E-state index is 13.2. The Morgan fingerprint density at radius 1 is 1.00 bits per heavy atom. The summed E-state index contributed by atoms with van der Waals surface area (Å²) in [6.45, 7) is 0.630. The van der Waals surface area contributed by atoms with Crippen molar-refractivity contribution in [1.82, 2.24) is 5.32 Å². The molecular formula is C24H26N2O2. The lowest BCUT2D eigenvalue weighted by Crippen LogP contribution is -2.48. The van der Waals surface area contributed by atoms with Crippen molar-refractivity contribution in [3.05, 3.63) is 77.4 Å². The van der Waals surface area contributed by atoms with E-state index in [4.69, 9.17) is 0 Å². The Labute approximate surface area is 166 Å². The molecule has 2 aromatic carbocycles. The second kappa shape index (κ2) is 8.42. The van der Waals surface area contributed by atoms with Crippen LogP contribution in [0.25, 0.3) is 0 Å². The summed E-state index contributed by atoms with van der Waals surface area (Å²) in [5.41, 5.74) is 3.93. The molecule has 0 unspecified atom stereocenters. The molecule has 144 valence electrons. The first kappa shape index (κ1) is 18.5. The van der Waals surface area contributed by atoms with Gasteiger partial charge >= 0.3 is 0 Å². The third kappa shape index (κ3) is 3.86. The molecular weight excluding hydrogens is 348 g/mol. The molecule has 0 radical (unpaired) electrons. The van der Waals surface area contributed by atoms with Crippen LogP contribution in [0.3, 0.4) is 0 Å². The third-order valence-electron chi connectivity index (χ3n) is 5.65. The summed E-state index contributed by atoms with van der Waals surface area (Å²) < 4.78 is 0. The molecule has 0 aromatic heterocycles. The largest absolute Gasteiger partial charge is 0.354 e. The average Bonchev–Trinajstić information content (AvgIpc) is 3.14. The van der Waals surface area contributed by atoms with Gasteiger partial charge < -0.3 is 5.32 Å². The van der Waals surface area contributed by atoms with Crippen molar-refractivity contribution >= 4 is 17.5 Å². The predicted octanol–water partition coefficient (Wildman–Crippen LogP) is 4.26. The minimum atomic E-state index is -0.495. The average molecular weight is 374 g/mol. The standard InChI is InChI=1S/C24H26N2O2/c27-23(25-16-15-18-9-3-1-4-10-18)22-17-20-13-7-8-14-21(20)26(22)24(28)19-11-5-2-6-12-19/h2,5-9,11-14,22H,1,3-4,10,15-17H2,(H,25,27)/t22-/m0/s1. The maximum absolute atomic E-state index is 13.2. The van der Waals surface area contributed by atoms with Gasteiger partial charge in [0, 0.05) is 24.2 Å². The number of para-hydroxylation sites is 1. The smallest absolute Gasteiger partial charge is 0.259 e. The molecule has 4 nitrogen and oxygen atoms in total. The second-order valence-corrected chi connectivity index (χ2v) is 7.54. The molecule has 0 bridgehead atoms. The van der Waals surface area contributed by atoms with Gasteiger partial charge in [0.15, 0.2) is 0 Å². The fourth-order valence-electron chi connectivity index (χ4n) is 4.16. The van der Waals surface area contributed by atoms with Crippen molar-refractivity contribution in [2.75, 3.05) is 11.4 Å². The number of allylic oxidation sites excluding steroid dienone is 1. The van der Waals surface area contributed by atoms with E-state index in [-0.39, 0.29) is 11.8 Å². The normalized spacial score (nSPS) is 18.4. The SMILES string of the molecule is O=C(NCCC1=CCCCC1)[C@@H]1Cc2ccccc2N1C(=O)c1ccccc1. The van der Waals surface area contributed by atoms with Gasteiger partial charge in [0.1, 0.15) is 6.04 Å². The van der Waals surface area contributed by atoms with E-state index >= 15 is 0 Å². The van der Waals surface area contributed by atoms with Gasteiger partial charge in [-0.3, -0.25) is 14.5 Å². The van der Waals surface area contributed by atoms with Gasteiger partial charge in [0.2, 0.25) is 5.91 Å². The number of hydrogen-bond donors (Lipinski definition) is 1. The van der Waals surface area contributed by atoms with Crippen LogP contribution in [-0.4, -0.2) is 24.4 Å².